The topological polar surface area (TPSA) is 59.3 Å². The van der Waals surface area contributed by atoms with Crippen molar-refractivity contribution in [2.75, 3.05) is 0 Å². The summed E-state index contributed by atoms with van der Waals surface area (Å²) in [5, 5.41) is 2.83. The fourth-order valence-corrected chi connectivity index (χ4v) is 2.34. The molecule has 3 heterocycles. The lowest BCUT2D eigenvalue weighted by atomic mass is 10.3. The summed E-state index contributed by atoms with van der Waals surface area (Å²) in [5.41, 5.74) is 2.89. The number of carbonyl (C=O) groups excluding carboxylic acids is 1. The van der Waals surface area contributed by atoms with Crippen LogP contribution in [0.25, 0.3) is 5.65 Å². The minimum atomic E-state index is -0.115. The third-order valence-corrected chi connectivity index (χ3v) is 3.49. The van der Waals surface area contributed by atoms with E-state index in [9.17, 15) is 4.79 Å². The van der Waals surface area contributed by atoms with Crippen molar-refractivity contribution in [3.8, 4) is 0 Å². The summed E-state index contributed by atoms with van der Waals surface area (Å²) in [6.45, 7) is 2.45. The first-order chi connectivity index (χ1) is 9.22. The molecule has 0 bridgehead atoms. The SMILES string of the molecule is Cc1ccc2nc(CNC(=O)c3ccns3)cn2c1. The van der Waals surface area contributed by atoms with E-state index in [-0.39, 0.29) is 5.91 Å². The second kappa shape index (κ2) is 4.81. The Labute approximate surface area is 114 Å². The van der Waals surface area contributed by atoms with Gasteiger partial charge in [0.25, 0.3) is 5.91 Å². The van der Waals surface area contributed by atoms with Gasteiger partial charge in [0.05, 0.1) is 12.2 Å². The quantitative estimate of drug-likeness (QED) is 0.793. The first-order valence-corrected chi connectivity index (χ1v) is 6.63. The van der Waals surface area contributed by atoms with Crippen LogP contribution in [0.3, 0.4) is 0 Å². The number of hydrogen-bond donors (Lipinski definition) is 1. The van der Waals surface area contributed by atoms with Gasteiger partial charge in [-0.25, -0.2) is 9.36 Å². The number of aromatic nitrogens is 3. The largest absolute Gasteiger partial charge is 0.346 e. The van der Waals surface area contributed by atoms with E-state index in [1.54, 1.807) is 12.3 Å². The van der Waals surface area contributed by atoms with Gasteiger partial charge >= 0.3 is 0 Å². The highest BCUT2D eigenvalue weighted by Gasteiger charge is 2.08. The molecule has 6 heteroatoms. The Bertz CT molecular complexity index is 717. The van der Waals surface area contributed by atoms with E-state index in [1.807, 2.05) is 35.9 Å². The summed E-state index contributed by atoms with van der Waals surface area (Å²) in [4.78, 5) is 16.8. The minimum Gasteiger partial charge on any atom is -0.346 e. The van der Waals surface area contributed by atoms with Gasteiger partial charge in [0.2, 0.25) is 0 Å². The first-order valence-electron chi connectivity index (χ1n) is 5.85. The van der Waals surface area contributed by atoms with Crippen molar-refractivity contribution in [3.63, 3.8) is 0 Å². The maximum atomic E-state index is 11.8. The molecule has 0 fully saturated rings. The van der Waals surface area contributed by atoms with Crippen molar-refractivity contribution >= 4 is 23.1 Å². The standard InChI is InChI=1S/C13H12N4OS/c1-9-2-3-12-16-10(8-17(12)7-9)6-14-13(18)11-4-5-15-19-11/h2-5,7-8H,6H2,1H3,(H,14,18). The lowest BCUT2D eigenvalue weighted by Crippen LogP contribution is -2.21. The van der Waals surface area contributed by atoms with E-state index in [0.29, 0.717) is 11.4 Å². The van der Waals surface area contributed by atoms with Gasteiger partial charge in [0.1, 0.15) is 10.5 Å². The molecule has 3 aromatic rings. The zero-order valence-corrected chi connectivity index (χ0v) is 11.1. The number of imidazole rings is 1. The second-order valence-electron chi connectivity index (χ2n) is 4.26. The minimum absolute atomic E-state index is 0.115. The molecule has 1 amide bonds. The molecular weight excluding hydrogens is 260 g/mol. The normalized spacial score (nSPS) is 10.8. The zero-order chi connectivity index (χ0) is 13.2. The van der Waals surface area contributed by atoms with Gasteiger partial charge < -0.3 is 9.72 Å². The first kappa shape index (κ1) is 11.9. The van der Waals surface area contributed by atoms with Crippen molar-refractivity contribution in [1.82, 2.24) is 19.1 Å². The Morgan fingerprint density at radius 3 is 3.05 bits per heavy atom. The van der Waals surface area contributed by atoms with Gasteiger partial charge in [-0.05, 0) is 36.2 Å². The number of nitrogens with one attached hydrogen (secondary N) is 1. The van der Waals surface area contributed by atoms with E-state index in [4.69, 9.17) is 0 Å². The second-order valence-corrected chi connectivity index (χ2v) is 5.10. The van der Waals surface area contributed by atoms with Crippen molar-refractivity contribution < 1.29 is 4.79 Å². The van der Waals surface area contributed by atoms with E-state index in [1.165, 1.54) is 17.1 Å². The molecule has 96 valence electrons. The molecular formula is C13H12N4OS. The number of amides is 1. The molecule has 19 heavy (non-hydrogen) atoms. The van der Waals surface area contributed by atoms with E-state index in [0.717, 1.165) is 11.3 Å². The molecule has 0 aliphatic heterocycles. The fourth-order valence-electron chi connectivity index (χ4n) is 1.83. The van der Waals surface area contributed by atoms with Crippen LogP contribution < -0.4 is 5.32 Å². The Morgan fingerprint density at radius 1 is 1.37 bits per heavy atom. The predicted octanol–water partition coefficient (Wildman–Crippen LogP) is 2.03. The van der Waals surface area contributed by atoms with Gasteiger partial charge in [0.15, 0.2) is 0 Å². The number of hydrogen-bond acceptors (Lipinski definition) is 4. The Hall–Kier alpha value is -2.21. The molecule has 0 radical (unpaired) electrons. The molecule has 0 aliphatic carbocycles. The summed E-state index contributed by atoms with van der Waals surface area (Å²) < 4.78 is 5.87. The highest BCUT2D eigenvalue weighted by Crippen LogP contribution is 2.08. The van der Waals surface area contributed by atoms with Crippen LogP contribution in [0.5, 0.6) is 0 Å². The molecule has 0 atom stereocenters. The van der Waals surface area contributed by atoms with Crippen LogP contribution in [-0.4, -0.2) is 19.7 Å². The lowest BCUT2D eigenvalue weighted by molar-refractivity contribution is 0.0954. The van der Waals surface area contributed by atoms with Crippen LogP contribution >= 0.6 is 11.5 Å². The molecule has 0 saturated carbocycles. The molecule has 0 aromatic carbocycles. The van der Waals surface area contributed by atoms with Gasteiger partial charge in [-0.3, -0.25) is 4.79 Å². The Balaban J connectivity index is 1.73. The van der Waals surface area contributed by atoms with Crippen LogP contribution in [0.15, 0.2) is 36.8 Å². The van der Waals surface area contributed by atoms with Crippen molar-refractivity contribution in [2.24, 2.45) is 0 Å². The average Bonchev–Trinajstić information content (AvgIpc) is 3.04. The van der Waals surface area contributed by atoms with Crippen molar-refractivity contribution in [1.29, 1.82) is 0 Å². The third kappa shape index (κ3) is 2.48. The number of carbonyl (C=O) groups is 1. The highest BCUT2D eigenvalue weighted by atomic mass is 32.1. The Morgan fingerprint density at radius 2 is 2.26 bits per heavy atom. The lowest BCUT2D eigenvalue weighted by Gasteiger charge is -1.99. The number of pyridine rings is 1. The van der Waals surface area contributed by atoms with Gasteiger partial charge in [-0.1, -0.05) is 6.07 Å². The van der Waals surface area contributed by atoms with Crippen LogP contribution in [0, 0.1) is 6.92 Å². The van der Waals surface area contributed by atoms with Crippen LogP contribution in [0.1, 0.15) is 20.9 Å². The molecule has 0 saturated heterocycles. The summed E-state index contributed by atoms with van der Waals surface area (Å²) in [5.74, 6) is -0.115. The fraction of sp³-hybridized carbons (Fsp3) is 0.154. The number of rotatable bonds is 3. The number of aryl methyl sites for hydroxylation is 1. The highest BCUT2D eigenvalue weighted by molar-refractivity contribution is 7.08. The number of nitrogens with zero attached hydrogens (tertiary/aromatic N) is 3. The predicted molar refractivity (Wildman–Crippen MR) is 73.2 cm³/mol. The smallest absolute Gasteiger partial charge is 0.263 e. The molecule has 5 nitrogen and oxygen atoms in total. The van der Waals surface area contributed by atoms with Gasteiger partial charge in [-0.2, -0.15) is 0 Å². The third-order valence-electron chi connectivity index (χ3n) is 2.74. The monoisotopic (exact) mass is 272 g/mol. The summed E-state index contributed by atoms with van der Waals surface area (Å²) in [7, 11) is 0. The van der Waals surface area contributed by atoms with Crippen molar-refractivity contribution in [3.05, 3.63) is 52.9 Å². The average molecular weight is 272 g/mol. The molecule has 0 unspecified atom stereocenters. The molecule has 3 rings (SSSR count). The molecule has 0 spiro atoms. The summed E-state index contributed by atoms with van der Waals surface area (Å²) >= 11 is 1.19. The van der Waals surface area contributed by atoms with Crippen LogP contribution in [0.4, 0.5) is 0 Å². The van der Waals surface area contributed by atoms with E-state index < -0.39 is 0 Å². The Kier molecular flexibility index (Phi) is 3.00. The summed E-state index contributed by atoms with van der Waals surface area (Å²) in [6.07, 6.45) is 5.55. The summed E-state index contributed by atoms with van der Waals surface area (Å²) in [6, 6.07) is 5.68. The van der Waals surface area contributed by atoms with Gasteiger partial charge in [0, 0.05) is 18.6 Å². The molecule has 0 aliphatic rings. The van der Waals surface area contributed by atoms with Gasteiger partial charge in [-0.15, -0.1) is 0 Å². The molecule has 1 N–H and O–H groups in total. The number of fused-ring (bicyclic) bond motifs is 1. The van der Waals surface area contributed by atoms with Crippen molar-refractivity contribution in [2.45, 2.75) is 13.5 Å². The van der Waals surface area contributed by atoms with E-state index >= 15 is 0 Å². The van der Waals surface area contributed by atoms with Crippen LogP contribution in [0.2, 0.25) is 0 Å². The maximum absolute atomic E-state index is 11.8. The zero-order valence-electron chi connectivity index (χ0n) is 10.3. The van der Waals surface area contributed by atoms with E-state index in [2.05, 4.69) is 14.7 Å². The van der Waals surface area contributed by atoms with Crippen LogP contribution in [-0.2, 0) is 6.54 Å². The maximum Gasteiger partial charge on any atom is 0.263 e. The molecule has 3 aromatic heterocycles.